The van der Waals surface area contributed by atoms with Crippen LogP contribution in [0.4, 0.5) is 10.1 Å². The van der Waals surface area contributed by atoms with E-state index in [-0.39, 0.29) is 45.8 Å². The van der Waals surface area contributed by atoms with Crippen molar-refractivity contribution in [3.63, 3.8) is 0 Å². The maximum atomic E-state index is 14.1. The van der Waals surface area contributed by atoms with E-state index in [2.05, 4.69) is 14.9 Å². The molecule has 0 aromatic heterocycles. The van der Waals surface area contributed by atoms with E-state index in [0.29, 0.717) is 19.1 Å². The first kappa shape index (κ1) is 24.5. The molecule has 0 bridgehead atoms. The maximum Gasteiger partial charge on any atom is 0.341 e. The first-order valence-corrected chi connectivity index (χ1v) is 13.5. The number of nitrogens with one attached hydrogen (secondary N) is 2. The third-order valence-electron chi connectivity index (χ3n) is 7.16. The molecule has 2 aliphatic heterocycles. The number of nitrogens with zero attached hydrogens (tertiary/aromatic N) is 1. The van der Waals surface area contributed by atoms with E-state index in [0.717, 1.165) is 49.7 Å². The number of amides is 1. The van der Waals surface area contributed by atoms with Crippen LogP contribution in [0.3, 0.4) is 0 Å². The second kappa shape index (κ2) is 9.36. The number of hydrogen-bond acceptors (Lipinski definition) is 6. The molecule has 2 heterocycles. The summed E-state index contributed by atoms with van der Waals surface area (Å²) in [7, 11) is -4.36. The molecule has 1 saturated heterocycles. The summed E-state index contributed by atoms with van der Waals surface area (Å²) in [6, 6.07) is 6.14. The second-order valence-electron chi connectivity index (χ2n) is 9.61. The zero-order chi connectivity index (χ0) is 25.6. The number of halogens is 1. The van der Waals surface area contributed by atoms with Crippen LogP contribution < -0.4 is 14.8 Å². The highest BCUT2D eigenvalue weighted by Gasteiger charge is 2.45. The standard InChI is InChI=1S/C25H28FN3O6S/c1-2-29-8-7-17(12-29)27-22(30)11-14-9-16(26)3-6-21(14)36(33,34)28-20-5-4-18-19-10-15(19)13-35-24(18)23(20)25(31)32/h3-6,9,15,17,19,28H,2,7-8,10-13H2,1H3,(H,27,30)(H,31,32)/t15-,17?,19-/m0/s1. The van der Waals surface area contributed by atoms with Gasteiger partial charge < -0.3 is 20.1 Å². The van der Waals surface area contributed by atoms with Gasteiger partial charge in [-0.25, -0.2) is 17.6 Å². The Morgan fingerprint density at radius 3 is 2.78 bits per heavy atom. The highest BCUT2D eigenvalue weighted by Crippen LogP contribution is 2.55. The lowest BCUT2D eigenvalue weighted by molar-refractivity contribution is -0.121. The molecule has 1 amide bonds. The van der Waals surface area contributed by atoms with Gasteiger partial charge in [-0.1, -0.05) is 13.0 Å². The molecule has 36 heavy (non-hydrogen) atoms. The van der Waals surface area contributed by atoms with Crippen molar-refractivity contribution < 1.29 is 32.2 Å². The van der Waals surface area contributed by atoms with Crippen molar-refractivity contribution >= 4 is 27.6 Å². The third-order valence-corrected chi connectivity index (χ3v) is 8.62. The Labute approximate surface area is 208 Å². The van der Waals surface area contributed by atoms with Crippen LogP contribution in [0.25, 0.3) is 0 Å². The number of hydrogen-bond donors (Lipinski definition) is 3. The number of sulfonamides is 1. The number of likely N-dealkylation sites (N-methyl/N-ethyl adjacent to an activating group) is 1. The molecule has 11 heteroatoms. The number of ether oxygens (including phenoxy) is 1. The monoisotopic (exact) mass is 517 g/mol. The smallest absolute Gasteiger partial charge is 0.341 e. The molecule has 1 unspecified atom stereocenters. The third kappa shape index (κ3) is 4.77. The molecule has 1 aliphatic carbocycles. The van der Waals surface area contributed by atoms with Crippen LogP contribution >= 0.6 is 0 Å². The SMILES string of the molecule is CCN1CCC(NC(=O)Cc2cc(F)ccc2S(=O)(=O)Nc2ccc3c(c2C(=O)O)OC[C@@H]2C[C@H]32)C1. The molecule has 0 spiro atoms. The lowest BCUT2D eigenvalue weighted by Gasteiger charge is -2.21. The fraction of sp³-hybridized carbons (Fsp3) is 0.440. The molecule has 2 aromatic rings. The first-order valence-electron chi connectivity index (χ1n) is 12.0. The predicted octanol–water partition coefficient (Wildman–Crippen LogP) is 2.57. The van der Waals surface area contributed by atoms with Crippen LogP contribution in [0.5, 0.6) is 5.75 Å². The Kier molecular flexibility index (Phi) is 6.37. The predicted molar refractivity (Wildman–Crippen MR) is 129 cm³/mol. The Hall–Kier alpha value is -3.18. The molecular formula is C25H28FN3O6S. The Morgan fingerprint density at radius 2 is 2.06 bits per heavy atom. The maximum absolute atomic E-state index is 14.1. The van der Waals surface area contributed by atoms with Gasteiger partial charge in [0.1, 0.15) is 17.1 Å². The first-order chi connectivity index (χ1) is 17.2. The van der Waals surface area contributed by atoms with Gasteiger partial charge in [0.05, 0.1) is 23.6 Å². The molecule has 2 aromatic carbocycles. The van der Waals surface area contributed by atoms with Gasteiger partial charge in [-0.15, -0.1) is 0 Å². The summed E-state index contributed by atoms with van der Waals surface area (Å²) in [4.78, 5) is 26.7. The largest absolute Gasteiger partial charge is 0.492 e. The van der Waals surface area contributed by atoms with Gasteiger partial charge in [0.15, 0.2) is 0 Å². The zero-order valence-electron chi connectivity index (χ0n) is 19.8. The number of anilines is 1. The van der Waals surface area contributed by atoms with E-state index in [1.54, 1.807) is 6.07 Å². The van der Waals surface area contributed by atoms with Crippen molar-refractivity contribution in [2.24, 2.45) is 5.92 Å². The lowest BCUT2D eigenvalue weighted by Crippen LogP contribution is -2.38. The number of rotatable bonds is 8. The van der Waals surface area contributed by atoms with Crippen LogP contribution in [0, 0.1) is 11.7 Å². The summed E-state index contributed by atoms with van der Waals surface area (Å²) >= 11 is 0. The minimum atomic E-state index is -4.36. The van der Waals surface area contributed by atoms with Crippen LogP contribution in [0.1, 0.15) is 47.2 Å². The molecule has 0 radical (unpaired) electrons. The molecule has 5 rings (SSSR count). The number of carbonyl (C=O) groups excluding carboxylic acids is 1. The van der Waals surface area contributed by atoms with Gasteiger partial charge >= 0.3 is 5.97 Å². The average molecular weight is 518 g/mol. The molecule has 3 N–H and O–H groups in total. The summed E-state index contributed by atoms with van der Waals surface area (Å²) in [5, 5.41) is 12.7. The van der Waals surface area contributed by atoms with Gasteiger partial charge in [0.2, 0.25) is 5.91 Å². The molecule has 192 valence electrons. The van der Waals surface area contributed by atoms with E-state index in [4.69, 9.17) is 4.74 Å². The molecule has 3 aliphatic rings. The molecule has 9 nitrogen and oxygen atoms in total. The highest BCUT2D eigenvalue weighted by molar-refractivity contribution is 7.92. The van der Waals surface area contributed by atoms with Gasteiger partial charge in [-0.05, 0) is 60.7 Å². The minimum Gasteiger partial charge on any atom is -0.492 e. The molecule has 1 saturated carbocycles. The molecule has 3 atom stereocenters. The fourth-order valence-electron chi connectivity index (χ4n) is 5.18. The van der Waals surface area contributed by atoms with Crippen LogP contribution in [0.2, 0.25) is 0 Å². The van der Waals surface area contributed by atoms with Crippen molar-refractivity contribution in [2.75, 3.05) is 31.0 Å². The number of fused-ring (bicyclic) bond motifs is 3. The number of likely N-dealkylation sites (tertiary alicyclic amines) is 1. The van der Waals surface area contributed by atoms with Crippen molar-refractivity contribution in [1.29, 1.82) is 0 Å². The van der Waals surface area contributed by atoms with Crippen LogP contribution in [-0.4, -0.2) is 62.6 Å². The zero-order valence-corrected chi connectivity index (χ0v) is 20.6. The molecular weight excluding hydrogens is 489 g/mol. The summed E-state index contributed by atoms with van der Waals surface area (Å²) < 4.78 is 48.8. The Bertz CT molecular complexity index is 1330. The van der Waals surface area contributed by atoms with Gasteiger partial charge in [0, 0.05) is 25.0 Å². The summed E-state index contributed by atoms with van der Waals surface area (Å²) in [6.07, 6.45) is 1.36. The number of aromatic carboxylic acids is 1. The summed E-state index contributed by atoms with van der Waals surface area (Å²) in [5.41, 5.74) is 0.340. The van der Waals surface area contributed by atoms with Gasteiger partial charge in [-0.2, -0.15) is 0 Å². The quantitative estimate of drug-likeness (QED) is 0.492. The normalized spacial score (nSPS) is 22.8. The Morgan fingerprint density at radius 1 is 1.25 bits per heavy atom. The van der Waals surface area contributed by atoms with E-state index in [9.17, 15) is 27.5 Å². The van der Waals surface area contributed by atoms with E-state index < -0.39 is 27.7 Å². The topological polar surface area (TPSA) is 125 Å². The lowest BCUT2D eigenvalue weighted by atomic mass is 10.0. The van der Waals surface area contributed by atoms with Gasteiger partial charge in [0.25, 0.3) is 10.0 Å². The van der Waals surface area contributed by atoms with Crippen LogP contribution in [-0.2, 0) is 21.2 Å². The van der Waals surface area contributed by atoms with E-state index >= 15 is 0 Å². The highest BCUT2D eigenvalue weighted by atomic mass is 32.2. The number of carboxylic acids is 1. The summed E-state index contributed by atoms with van der Waals surface area (Å²) in [6.45, 7) is 4.87. The Balaban J connectivity index is 1.40. The minimum absolute atomic E-state index is 0.0164. The number of benzene rings is 2. The van der Waals surface area contributed by atoms with Gasteiger partial charge in [-0.3, -0.25) is 9.52 Å². The van der Waals surface area contributed by atoms with E-state index in [1.165, 1.54) is 6.07 Å². The van der Waals surface area contributed by atoms with Crippen molar-refractivity contribution in [1.82, 2.24) is 10.2 Å². The van der Waals surface area contributed by atoms with Crippen molar-refractivity contribution in [3.05, 3.63) is 52.8 Å². The number of carboxylic acid groups (broad SMARTS) is 1. The summed E-state index contributed by atoms with van der Waals surface area (Å²) in [5.74, 6) is -1.64. The average Bonchev–Trinajstić information content (AvgIpc) is 3.48. The van der Waals surface area contributed by atoms with Crippen LogP contribution in [0.15, 0.2) is 35.2 Å². The molecule has 2 fully saturated rings. The van der Waals surface area contributed by atoms with E-state index in [1.807, 2.05) is 6.92 Å². The second-order valence-corrected chi connectivity index (χ2v) is 11.3. The number of carbonyl (C=O) groups is 2. The van der Waals surface area contributed by atoms with Crippen molar-refractivity contribution in [3.8, 4) is 5.75 Å². The fourth-order valence-corrected chi connectivity index (χ4v) is 6.48. The van der Waals surface area contributed by atoms with Crippen molar-refractivity contribution in [2.45, 2.75) is 43.0 Å².